The summed E-state index contributed by atoms with van der Waals surface area (Å²) in [7, 11) is 0. The largest absolute Gasteiger partial charge is 0.480 e. The zero-order valence-corrected chi connectivity index (χ0v) is 10.2. The highest BCUT2D eigenvalue weighted by Gasteiger charge is 2.48. The predicted molar refractivity (Wildman–Crippen MR) is 61.0 cm³/mol. The second-order valence-electron chi connectivity index (χ2n) is 5.26. The molecule has 0 aliphatic heterocycles. The van der Waals surface area contributed by atoms with Gasteiger partial charge in [0, 0.05) is 6.42 Å². The molecule has 1 saturated carbocycles. The van der Waals surface area contributed by atoms with Crippen molar-refractivity contribution >= 4 is 11.9 Å². The van der Waals surface area contributed by atoms with Crippen molar-refractivity contribution in [1.82, 2.24) is 5.32 Å². The van der Waals surface area contributed by atoms with Crippen LogP contribution in [0, 0.1) is 11.8 Å². The maximum atomic E-state index is 11.6. The van der Waals surface area contributed by atoms with E-state index in [-0.39, 0.29) is 11.8 Å². The smallest absolute Gasteiger partial charge is 0.329 e. The maximum absolute atomic E-state index is 11.6. The first kappa shape index (κ1) is 13.0. The summed E-state index contributed by atoms with van der Waals surface area (Å²) in [4.78, 5) is 22.8. The summed E-state index contributed by atoms with van der Waals surface area (Å²) < 4.78 is 0. The van der Waals surface area contributed by atoms with Crippen molar-refractivity contribution in [3.05, 3.63) is 0 Å². The van der Waals surface area contributed by atoms with E-state index in [0.29, 0.717) is 12.3 Å². The molecule has 1 aliphatic carbocycles. The first-order valence-corrected chi connectivity index (χ1v) is 5.90. The summed E-state index contributed by atoms with van der Waals surface area (Å²) in [5, 5.41) is 11.8. The monoisotopic (exact) mass is 227 g/mol. The molecule has 1 atom stereocenters. The van der Waals surface area contributed by atoms with E-state index in [0.717, 1.165) is 19.3 Å². The standard InChI is InChI=1S/C12H21NO3/c1-8(2)4-7-10(14)13-12(3,11(15)16)9-5-6-9/h8-9H,4-7H2,1-3H3,(H,13,14)(H,15,16). The van der Waals surface area contributed by atoms with Gasteiger partial charge in [-0.2, -0.15) is 0 Å². The Labute approximate surface area is 96.4 Å². The Hall–Kier alpha value is -1.06. The fourth-order valence-corrected chi connectivity index (χ4v) is 1.76. The lowest BCUT2D eigenvalue weighted by Crippen LogP contribution is -2.54. The van der Waals surface area contributed by atoms with Crippen molar-refractivity contribution in [2.45, 2.75) is 52.0 Å². The van der Waals surface area contributed by atoms with Crippen LogP contribution in [0.25, 0.3) is 0 Å². The van der Waals surface area contributed by atoms with Gasteiger partial charge < -0.3 is 10.4 Å². The van der Waals surface area contributed by atoms with Gasteiger partial charge in [-0.1, -0.05) is 13.8 Å². The van der Waals surface area contributed by atoms with E-state index < -0.39 is 11.5 Å². The van der Waals surface area contributed by atoms with Crippen LogP contribution in [0.3, 0.4) is 0 Å². The van der Waals surface area contributed by atoms with E-state index in [2.05, 4.69) is 5.32 Å². The van der Waals surface area contributed by atoms with Crippen molar-refractivity contribution in [1.29, 1.82) is 0 Å². The molecule has 1 amide bonds. The number of amides is 1. The van der Waals surface area contributed by atoms with Crippen LogP contribution in [0.5, 0.6) is 0 Å². The molecule has 16 heavy (non-hydrogen) atoms. The zero-order valence-electron chi connectivity index (χ0n) is 10.2. The fraction of sp³-hybridized carbons (Fsp3) is 0.833. The van der Waals surface area contributed by atoms with E-state index in [4.69, 9.17) is 5.11 Å². The molecule has 1 fully saturated rings. The number of carboxylic acids is 1. The number of hydrogen-bond donors (Lipinski definition) is 2. The normalized spacial score (nSPS) is 19.2. The average molecular weight is 227 g/mol. The van der Waals surface area contributed by atoms with Gasteiger partial charge in [0.25, 0.3) is 0 Å². The Bertz CT molecular complexity index is 284. The molecule has 92 valence electrons. The molecular weight excluding hydrogens is 206 g/mol. The summed E-state index contributed by atoms with van der Waals surface area (Å²) >= 11 is 0. The molecule has 1 unspecified atom stereocenters. The summed E-state index contributed by atoms with van der Waals surface area (Å²) in [6.07, 6.45) is 3.00. The van der Waals surface area contributed by atoms with E-state index >= 15 is 0 Å². The predicted octanol–water partition coefficient (Wildman–Crippen LogP) is 1.79. The molecule has 2 N–H and O–H groups in total. The van der Waals surface area contributed by atoms with E-state index in [9.17, 15) is 9.59 Å². The Balaban J connectivity index is 2.49. The number of aliphatic carboxylic acids is 1. The third-order valence-corrected chi connectivity index (χ3v) is 3.19. The van der Waals surface area contributed by atoms with Crippen molar-refractivity contribution in [3.8, 4) is 0 Å². The van der Waals surface area contributed by atoms with Crippen LogP contribution < -0.4 is 5.32 Å². The van der Waals surface area contributed by atoms with Gasteiger partial charge in [-0.25, -0.2) is 4.79 Å². The molecule has 1 aliphatic rings. The molecule has 0 aromatic rings. The number of carbonyl (C=O) groups is 2. The van der Waals surface area contributed by atoms with Gasteiger partial charge in [-0.05, 0) is 38.0 Å². The summed E-state index contributed by atoms with van der Waals surface area (Å²) in [5.74, 6) is -0.505. The van der Waals surface area contributed by atoms with E-state index in [1.165, 1.54) is 0 Å². The molecule has 4 nitrogen and oxygen atoms in total. The molecule has 4 heteroatoms. The third kappa shape index (κ3) is 3.22. The zero-order chi connectivity index (χ0) is 12.3. The van der Waals surface area contributed by atoms with E-state index in [1.54, 1.807) is 6.92 Å². The molecular formula is C12H21NO3. The van der Waals surface area contributed by atoms with Crippen molar-refractivity contribution in [2.24, 2.45) is 11.8 Å². The van der Waals surface area contributed by atoms with Gasteiger partial charge in [-0.15, -0.1) is 0 Å². The highest BCUT2D eigenvalue weighted by molar-refractivity contribution is 5.87. The Kier molecular flexibility index (Phi) is 3.94. The Morgan fingerprint density at radius 3 is 2.38 bits per heavy atom. The van der Waals surface area contributed by atoms with E-state index in [1.807, 2.05) is 13.8 Å². The Morgan fingerprint density at radius 2 is 2.00 bits per heavy atom. The number of rotatable bonds is 6. The average Bonchev–Trinajstić information content (AvgIpc) is 2.97. The lowest BCUT2D eigenvalue weighted by atomic mass is 9.95. The summed E-state index contributed by atoms with van der Waals surface area (Å²) in [6.45, 7) is 5.70. The molecule has 0 aromatic carbocycles. The highest BCUT2D eigenvalue weighted by Crippen LogP contribution is 2.39. The fourth-order valence-electron chi connectivity index (χ4n) is 1.76. The van der Waals surface area contributed by atoms with Gasteiger partial charge in [0.1, 0.15) is 5.54 Å². The minimum atomic E-state index is -1.06. The molecule has 1 rings (SSSR count). The third-order valence-electron chi connectivity index (χ3n) is 3.19. The van der Waals surface area contributed by atoms with Crippen LogP contribution in [0.4, 0.5) is 0 Å². The first-order chi connectivity index (χ1) is 7.36. The minimum Gasteiger partial charge on any atom is -0.480 e. The van der Waals surface area contributed by atoms with Crippen LogP contribution in [0.2, 0.25) is 0 Å². The lowest BCUT2D eigenvalue weighted by molar-refractivity contribution is -0.148. The topological polar surface area (TPSA) is 66.4 Å². The molecule has 0 saturated heterocycles. The Morgan fingerprint density at radius 1 is 1.44 bits per heavy atom. The van der Waals surface area contributed by atoms with Gasteiger partial charge >= 0.3 is 5.97 Å². The SMILES string of the molecule is CC(C)CCC(=O)NC(C)(C(=O)O)C1CC1. The lowest BCUT2D eigenvalue weighted by Gasteiger charge is -2.26. The van der Waals surface area contributed by atoms with Gasteiger partial charge in [-0.3, -0.25) is 4.79 Å². The van der Waals surface area contributed by atoms with Crippen LogP contribution in [0.15, 0.2) is 0 Å². The number of hydrogen-bond acceptors (Lipinski definition) is 2. The second-order valence-corrected chi connectivity index (χ2v) is 5.26. The quantitative estimate of drug-likeness (QED) is 0.727. The van der Waals surface area contributed by atoms with Crippen molar-refractivity contribution in [2.75, 3.05) is 0 Å². The number of carboxylic acid groups (broad SMARTS) is 1. The van der Waals surface area contributed by atoms with Crippen LogP contribution in [0.1, 0.15) is 46.5 Å². The second kappa shape index (κ2) is 4.85. The van der Waals surface area contributed by atoms with Gasteiger partial charge in [0.2, 0.25) is 5.91 Å². The number of carbonyl (C=O) groups excluding carboxylic acids is 1. The summed E-state index contributed by atoms with van der Waals surface area (Å²) in [6, 6.07) is 0. The van der Waals surface area contributed by atoms with Gasteiger partial charge in [0.05, 0.1) is 0 Å². The van der Waals surface area contributed by atoms with Crippen molar-refractivity contribution in [3.63, 3.8) is 0 Å². The molecule has 0 heterocycles. The van der Waals surface area contributed by atoms with Crippen LogP contribution in [-0.4, -0.2) is 22.5 Å². The maximum Gasteiger partial charge on any atom is 0.329 e. The first-order valence-electron chi connectivity index (χ1n) is 5.90. The van der Waals surface area contributed by atoms with Crippen LogP contribution in [-0.2, 0) is 9.59 Å². The minimum absolute atomic E-state index is 0.105. The van der Waals surface area contributed by atoms with Gasteiger partial charge in [0.15, 0.2) is 0 Å². The molecule has 0 bridgehead atoms. The molecule has 0 spiro atoms. The van der Waals surface area contributed by atoms with Crippen LogP contribution >= 0.6 is 0 Å². The number of nitrogens with one attached hydrogen (secondary N) is 1. The van der Waals surface area contributed by atoms with Crippen molar-refractivity contribution < 1.29 is 14.7 Å². The molecule has 0 aromatic heterocycles. The molecule has 0 radical (unpaired) electrons. The highest BCUT2D eigenvalue weighted by atomic mass is 16.4. The summed E-state index contributed by atoms with van der Waals surface area (Å²) in [5.41, 5.74) is -1.06.